The van der Waals surface area contributed by atoms with Gasteiger partial charge in [-0.3, -0.25) is 33.1 Å². The molecule has 0 radical (unpaired) electrons. The number of pyridine rings is 4. The lowest BCUT2D eigenvalue weighted by atomic mass is 9.76. The van der Waals surface area contributed by atoms with E-state index in [4.69, 9.17) is 51.3 Å². The predicted octanol–water partition coefficient (Wildman–Crippen LogP) is 13.1. The molecule has 26 nitrogen and oxygen atoms in total. The number of benzene rings is 6. The molecule has 1 saturated heterocycles. The van der Waals surface area contributed by atoms with Crippen LogP contribution in [0.5, 0.6) is 0 Å². The highest BCUT2D eigenvalue weighted by atomic mass is 35.5. The van der Waals surface area contributed by atoms with E-state index in [0.717, 1.165) is 10.8 Å². The first-order valence-corrected chi connectivity index (χ1v) is 36.3. The minimum Gasteiger partial charge on any atom is -0.399 e. The molecule has 8 heterocycles. The molecule has 7 aromatic heterocycles. The fraction of sp³-hybridized carbons (Fsp3) is 0.177. The monoisotopic (exact) mass is 1480 g/mol. The molecule has 13 aromatic rings. The number of fused-ring (bicyclic) bond motifs is 3. The van der Waals surface area contributed by atoms with E-state index in [1.54, 1.807) is 38.1 Å². The largest absolute Gasteiger partial charge is 0.495 e. The number of rotatable bonds is 16. The molecule has 1 aliphatic rings. The number of halogens is 1. The van der Waals surface area contributed by atoms with Gasteiger partial charge >= 0.3 is 7.12 Å². The lowest BCUT2D eigenvalue weighted by molar-refractivity contribution is 0.00578. The van der Waals surface area contributed by atoms with Crippen LogP contribution < -0.4 is 55.3 Å². The van der Waals surface area contributed by atoms with Gasteiger partial charge < -0.3 is 42.5 Å². The predicted molar refractivity (Wildman–Crippen MR) is 424 cm³/mol. The van der Waals surface area contributed by atoms with Crippen molar-refractivity contribution >= 4 is 113 Å². The lowest BCUT2D eigenvalue weighted by Gasteiger charge is -2.32. The van der Waals surface area contributed by atoms with E-state index in [1.807, 2.05) is 200 Å². The summed E-state index contributed by atoms with van der Waals surface area (Å²) in [6.45, 7) is 28.4. The zero-order chi connectivity index (χ0) is 76.9. The van der Waals surface area contributed by atoms with Gasteiger partial charge in [-0.1, -0.05) is 115 Å². The summed E-state index contributed by atoms with van der Waals surface area (Å²) in [6, 6.07) is 52.9. The van der Waals surface area contributed by atoms with Gasteiger partial charge in [-0.05, 0) is 148 Å². The first kappa shape index (κ1) is 74.5. The van der Waals surface area contributed by atoms with Gasteiger partial charge in [0.25, 0.3) is 16.7 Å². The second kappa shape index (κ2) is 30.9. The molecule has 540 valence electrons. The van der Waals surface area contributed by atoms with Crippen LogP contribution in [0.1, 0.15) is 94.8 Å². The van der Waals surface area contributed by atoms with E-state index in [9.17, 15) is 28.1 Å². The van der Waals surface area contributed by atoms with Gasteiger partial charge in [-0.25, -0.2) is 43.0 Å². The summed E-state index contributed by atoms with van der Waals surface area (Å²) < 4.78 is 41.3. The Labute approximate surface area is 626 Å². The third-order valence-electron chi connectivity index (χ3n) is 18.4. The highest BCUT2D eigenvalue weighted by molar-refractivity contribution is 7.89. The molecule has 3 atom stereocenters. The number of nitriles is 1. The summed E-state index contributed by atoms with van der Waals surface area (Å²) >= 11 is 6.35. The Morgan fingerprint density at radius 1 is 0.546 bits per heavy atom. The number of sulfone groups is 1. The number of hydrogen-bond acceptors (Lipinski definition) is 21. The van der Waals surface area contributed by atoms with Crippen LogP contribution in [0.15, 0.2) is 215 Å². The van der Waals surface area contributed by atoms with Crippen LogP contribution >= 0.6 is 11.6 Å². The summed E-state index contributed by atoms with van der Waals surface area (Å²) in [5, 5.41) is 23.2. The number of nitrogens with zero attached hydrogens (tertiary/aromatic N) is 13. The number of para-hydroxylation sites is 3. The summed E-state index contributed by atoms with van der Waals surface area (Å²) in [6.07, 6.45) is 8.40. The van der Waals surface area contributed by atoms with Crippen molar-refractivity contribution in [1.82, 2.24) is 48.6 Å². The van der Waals surface area contributed by atoms with Gasteiger partial charge in [0.05, 0.1) is 70.2 Å². The van der Waals surface area contributed by atoms with E-state index < -0.39 is 40.2 Å². The summed E-state index contributed by atoms with van der Waals surface area (Å²) in [5.41, 5.74) is 22.7. The van der Waals surface area contributed by atoms with Crippen molar-refractivity contribution in [3.8, 4) is 34.3 Å². The molecule has 0 saturated carbocycles. The van der Waals surface area contributed by atoms with E-state index in [0.29, 0.717) is 94.5 Å². The molecule has 1 aliphatic heterocycles. The van der Waals surface area contributed by atoms with Crippen molar-refractivity contribution in [1.29, 1.82) is 5.26 Å². The number of anilines is 6. The highest BCUT2D eigenvalue weighted by Crippen LogP contribution is 2.39. The Balaban J connectivity index is 0.000000153. The number of hydrogen-bond donors (Lipinski definition) is 6. The molecule has 6 aromatic carbocycles. The maximum absolute atomic E-state index is 14.3. The van der Waals surface area contributed by atoms with E-state index in [-0.39, 0.29) is 69.1 Å². The smallest absolute Gasteiger partial charge is 0.399 e. The Morgan fingerprint density at radius 2 is 0.954 bits per heavy atom. The summed E-state index contributed by atoms with van der Waals surface area (Å²) in [7, 11) is -3.96. The normalized spacial score (nSPS) is 13.7. The zero-order valence-corrected chi connectivity index (χ0v) is 61.3. The van der Waals surface area contributed by atoms with Gasteiger partial charge in [0.2, 0.25) is 29.2 Å². The van der Waals surface area contributed by atoms with Crippen LogP contribution in [0.2, 0.25) is 5.02 Å². The lowest BCUT2D eigenvalue weighted by Crippen LogP contribution is -2.41. The molecule has 14 rings (SSSR count). The van der Waals surface area contributed by atoms with Crippen molar-refractivity contribution in [2.24, 2.45) is 0 Å². The number of nitrogens with one attached hydrogen (secondary N) is 3. The van der Waals surface area contributed by atoms with Crippen molar-refractivity contribution in [2.75, 3.05) is 39.4 Å². The van der Waals surface area contributed by atoms with E-state index >= 15 is 0 Å². The number of nitrogen functional groups attached to an aromatic ring is 3. The number of nitrogens with two attached hydrogens (primary N) is 3. The van der Waals surface area contributed by atoms with Crippen LogP contribution in [-0.4, -0.2) is 81.6 Å². The molecule has 0 spiro atoms. The van der Waals surface area contributed by atoms with Gasteiger partial charge in [0, 0.05) is 76.1 Å². The second-order valence-corrected chi connectivity index (χ2v) is 29.1. The molecule has 9 N–H and O–H groups in total. The van der Waals surface area contributed by atoms with Gasteiger partial charge in [-0.15, -0.1) is 0 Å². The third-order valence-corrected chi connectivity index (χ3v) is 19.6. The van der Waals surface area contributed by atoms with E-state index in [2.05, 4.69) is 66.6 Å². The molecule has 0 aliphatic carbocycles. The van der Waals surface area contributed by atoms with E-state index in [1.165, 1.54) is 31.0 Å². The quantitative estimate of drug-likeness (QED) is 0.0386. The Morgan fingerprint density at radius 3 is 1.42 bits per heavy atom. The Hall–Kier alpha value is -13.2. The van der Waals surface area contributed by atoms with Crippen LogP contribution in [0, 0.1) is 24.5 Å². The van der Waals surface area contributed by atoms with Crippen molar-refractivity contribution in [2.45, 2.75) is 83.5 Å². The molecule has 0 bridgehead atoms. The minimum atomic E-state index is -3.27. The van der Waals surface area contributed by atoms with Crippen LogP contribution in [0.3, 0.4) is 0 Å². The van der Waals surface area contributed by atoms with Crippen molar-refractivity contribution < 1.29 is 17.7 Å². The van der Waals surface area contributed by atoms with Crippen LogP contribution in [0.4, 0.5) is 46.7 Å². The zero-order valence-electron chi connectivity index (χ0n) is 59.8. The first-order chi connectivity index (χ1) is 51.7. The summed E-state index contributed by atoms with van der Waals surface area (Å²) in [4.78, 5) is 77.5. The topological polar surface area (TPSA) is 355 Å². The van der Waals surface area contributed by atoms with Gasteiger partial charge in [0.15, 0.2) is 9.84 Å². The van der Waals surface area contributed by atoms with Crippen LogP contribution in [0.25, 0.3) is 70.2 Å². The average molecular weight is 1480 g/mol. The van der Waals surface area contributed by atoms with Crippen molar-refractivity contribution in [3.05, 3.63) is 288 Å². The average Bonchev–Trinajstić information content (AvgIpc) is 1.42. The Kier molecular flexibility index (Phi) is 21.3. The third kappa shape index (κ3) is 15.6. The van der Waals surface area contributed by atoms with Crippen LogP contribution in [-0.2, 0) is 24.9 Å². The fourth-order valence-corrected chi connectivity index (χ4v) is 13.6. The standard InChI is InChI=1S/C29H25N7O3S.C28H29BN6O3.C22H17ClN6O/c1-18(34-27-22(13-30)16-33-29(31)35-27)25-12-20-7-6-10-24(21-11-19(14-32-15-21)17-40(2,38)39)26(20)28(37)36(25)23-8-4-3-5-9-23;1-17(33-24-21(31-6)16-32-26(30)34-24)22-15-18-11-10-14-20(29-37-27(2,3)28(4,5)38-29)23(18)25(36)35(22)19-12-8-7-9-13-19;1-13(27-20-17(25-2)12-26-22(24)28-20)18-11-14-7-6-10-16(23)19(14)21(30)29(18)15-8-4-3-5-9-15/h3-12,14-16,18H,17H2,1-2H3,(H3,31,33,34,35);7-17H,1-5H3,(H3,30,32,33,34);3-13H,1H3,(H3,24,26,27,28)/t18-;17-;13-/m000/s1. The first-order valence-electron chi connectivity index (χ1n) is 33.8. The van der Waals surface area contributed by atoms with Gasteiger partial charge in [-0.2, -0.15) is 10.2 Å². The number of aromatic nitrogens is 10. The highest BCUT2D eigenvalue weighted by Gasteiger charge is 2.52. The molecule has 108 heavy (non-hydrogen) atoms. The molecule has 0 amide bonds. The molecular weight excluding hydrogens is 1410 g/mol. The van der Waals surface area contributed by atoms with Crippen molar-refractivity contribution in [3.63, 3.8) is 0 Å². The molecule has 1 fully saturated rings. The summed E-state index contributed by atoms with van der Waals surface area (Å²) in [5.74, 6) is 0.849. The van der Waals surface area contributed by atoms with Gasteiger partial charge in [0.1, 0.15) is 29.1 Å². The molecule has 0 unspecified atom stereocenters. The fourth-order valence-electron chi connectivity index (χ4n) is 12.6. The SMILES string of the molecule is C[C@H](Nc1nc(N)ncc1C#N)c1cc2cccc(-c3cncc(CS(C)(=O)=O)c3)c2c(=O)n1-c1ccccc1.[C-]#[N+]c1cnc(N)nc1N[C@@H](C)c1cc2cccc(B3OC(C)(C)C(C)(C)O3)c2c(=O)n1-c1ccccc1.[C-]#[N+]c1cnc(N)nc1N[C@@H](C)c1cc2cccc(Cl)c2c(=O)n1-c1ccccc1. The molecular formula is C79H71BClN19O7S. The molecule has 29 heteroatoms. The second-order valence-electron chi connectivity index (χ2n) is 26.5. The maximum atomic E-state index is 14.3. The Bertz CT molecular complexity index is 6080. The minimum absolute atomic E-state index is 0.0176. The maximum Gasteiger partial charge on any atom is 0.495 e.